The zero-order chi connectivity index (χ0) is 19.1. The molecular formula is C20H24N2O4. The average molecular weight is 356 g/mol. The molecule has 1 aromatic heterocycles. The number of nitrogens with zero attached hydrogens (tertiary/aromatic N) is 2. The Morgan fingerprint density at radius 3 is 2.27 bits per heavy atom. The smallest absolute Gasteiger partial charge is 0.340 e. The van der Waals surface area contributed by atoms with E-state index in [4.69, 9.17) is 9.47 Å². The number of likely N-dealkylation sites (N-methyl/N-ethyl adjacent to an activating group) is 1. The van der Waals surface area contributed by atoms with Gasteiger partial charge >= 0.3 is 11.9 Å². The Morgan fingerprint density at radius 2 is 1.65 bits per heavy atom. The minimum absolute atomic E-state index is 0.253. The van der Waals surface area contributed by atoms with Gasteiger partial charge in [0.25, 0.3) is 0 Å². The first-order valence-corrected chi connectivity index (χ1v) is 8.38. The highest BCUT2D eigenvalue weighted by atomic mass is 16.5. The van der Waals surface area contributed by atoms with Gasteiger partial charge in [0.2, 0.25) is 0 Å². The van der Waals surface area contributed by atoms with Gasteiger partial charge in [-0.15, -0.1) is 0 Å². The van der Waals surface area contributed by atoms with E-state index in [1.807, 2.05) is 25.2 Å². The molecule has 1 aromatic carbocycles. The molecule has 0 unspecified atom stereocenters. The van der Waals surface area contributed by atoms with Crippen LogP contribution >= 0.6 is 0 Å². The fourth-order valence-electron chi connectivity index (χ4n) is 2.59. The summed E-state index contributed by atoms with van der Waals surface area (Å²) in [6.45, 7) is 5.04. The first-order chi connectivity index (χ1) is 12.4. The second-order valence-electron chi connectivity index (χ2n) is 6.11. The van der Waals surface area contributed by atoms with Crippen molar-refractivity contribution < 1.29 is 19.1 Å². The summed E-state index contributed by atoms with van der Waals surface area (Å²) in [5, 5.41) is 0. The van der Waals surface area contributed by atoms with Crippen LogP contribution in [0.1, 0.15) is 37.7 Å². The van der Waals surface area contributed by atoms with Crippen molar-refractivity contribution in [2.45, 2.75) is 20.4 Å². The summed E-state index contributed by atoms with van der Waals surface area (Å²) < 4.78 is 10.1. The van der Waals surface area contributed by atoms with Crippen molar-refractivity contribution >= 4 is 11.9 Å². The zero-order valence-electron chi connectivity index (χ0n) is 15.6. The lowest BCUT2D eigenvalue weighted by molar-refractivity contribution is 0.0469. The Labute approximate surface area is 153 Å². The van der Waals surface area contributed by atoms with Gasteiger partial charge in [0, 0.05) is 13.1 Å². The predicted octanol–water partition coefficient (Wildman–Crippen LogP) is 2.77. The molecule has 0 saturated heterocycles. The molecule has 1 heterocycles. The van der Waals surface area contributed by atoms with Crippen LogP contribution in [0.2, 0.25) is 0 Å². The van der Waals surface area contributed by atoms with Crippen LogP contribution in [0.15, 0.2) is 36.4 Å². The third kappa shape index (κ3) is 5.13. The molecule has 0 bridgehead atoms. The quantitative estimate of drug-likeness (QED) is 0.711. The Morgan fingerprint density at radius 1 is 1.04 bits per heavy atom. The van der Waals surface area contributed by atoms with Crippen molar-refractivity contribution in [3.05, 3.63) is 64.5 Å². The predicted molar refractivity (Wildman–Crippen MR) is 98.1 cm³/mol. The van der Waals surface area contributed by atoms with Crippen LogP contribution in [-0.2, 0) is 16.0 Å². The first kappa shape index (κ1) is 19.6. The number of hydrogen-bond donors (Lipinski definition) is 0. The third-order valence-electron chi connectivity index (χ3n) is 4.03. The van der Waals surface area contributed by atoms with Crippen molar-refractivity contribution in [1.82, 2.24) is 9.88 Å². The second kappa shape index (κ2) is 9.10. The Hall–Kier alpha value is -2.73. The summed E-state index contributed by atoms with van der Waals surface area (Å²) in [7, 11) is 3.26. The second-order valence-corrected chi connectivity index (χ2v) is 6.11. The largest absolute Gasteiger partial charge is 0.465 e. The molecule has 138 valence electrons. The van der Waals surface area contributed by atoms with E-state index in [9.17, 15) is 9.59 Å². The van der Waals surface area contributed by atoms with Crippen LogP contribution in [-0.4, -0.2) is 49.1 Å². The molecule has 0 amide bonds. The highest BCUT2D eigenvalue weighted by Crippen LogP contribution is 2.15. The molecule has 6 nitrogen and oxygen atoms in total. The molecular weight excluding hydrogens is 332 g/mol. The van der Waals surface area contributed by atoms with E-state index in [0.29, 0.717) is 17.9 Å². The topological polar surface area (TPSA) is 68.7 Å². The molecule has 2 aromatic rings. The number of esters is 2. The molecule has 0 fully saturated rings. The number of rotatable bonds is 7. The number of ether oxygens (including phenoxy) is 2. The molecule has 0 saturated carbocycles. The highest BCUT2D eigenvalue weighted by molar-refractivity contribution is 5.96. The van der Waals surface area contributed by atoms with Gasteiger partial charge in [0.05, 0.1) is 29.6 Å². The number of carbonyl (C=O) groups excluding carboxylic acids is 2. The van der Waals surface area contributed by atoms with Gasteiger partial charge in [-0.2, -0.15) is 0 Å². The Kier molecular flexibility index (Phi) is 6.86. The number of aryl methyl sites for hydroxylation is 2. The summed E-state index contributed by atoms with van der Waals surface area (Å²) in [6, 6.07) is 11.6. The standard InChI is InChI=1S/C20H24N2O4/c1-14-17(19(23)25-4)12-18(15(2)21-14)20(24)26-11-10-22(3)13-16-8-6-5-7-9-16/h5-9,12H,10-11,13H2,1-4H3. The van der Waals surface area contributed by atoms with E-state index in [-0.39, 0.29) is 17.7 Å². The maximum absolute atomic E-state index is 12.3. The van der Waals surface area contributed by atoms with Crippen LogP contribution in [0.4, 0.5) is 0 Å². The maximum atomic E-state index is 12.3. The fraction of sp³-hybridized carbons (Fsp3) is 0.350. The number of carbonyl (C=O) groups is 2. The van der Waals surface area contributed by atoms with Crippen molar-refractivity contribution in [3.63, 3.8) is 0 Å². The Bertz CT molecular complexity index is 775. The highest BCUT2D eigenvalue weighted by Gasteiger charge is 2.18. The first-order valence-electron chi connectivity index (χ1n) is 8.38. The average Bonchev–Trinajstić information content (AvgIpc) is 2.61. The van der Waals surface area contributed by atoms with Crippen molar-refractivity contribution in [3.8, 4) is 0 Å². The molecule has 6 heteroatoms. The minimum atomic E-state index is -0.522. The van der Waals surface area contributed by atoms with Gasteiger partial charge < -0.3 is 9.47 Å². The van der Waals surface area contributed by atoms with E-state index in [2.05, 4.69) is 22.0 Å². The van der Waals surface area contributed by atoms with Gasteiger partial charge in [-0.3, -0.25) is 9.88 Å². The molecule has 0 spiro atoms. The number of aromatic nitrogens is 1. The molecule has 26 heavy (non-hydrogen) atoms. The van der Waals surface area contributed by atoms with Gasteiger partial charge in [0.1, 0.15) is 6.61 Å². The number of pyridine rings is 1. The van der Waals surface area contributed by atoms with Gasteiger partial charge in [-0.05, 0) is 32.5 Å². The van der Waals surface area contributed by atoms with Crippen molar-refractivity contribution in [2.75, 3.05) is 27.3 Å². The fourth-order valence-corrected chi connectivity index (χ4v) is 2.59. The lowest BCUT2D eigenvalue weighted by atomic mass is 10.1. The molecule has 0 aliphatic carbocycles. The zero-order valence-corrected chi connectivity index (χ0v) is 15.6. The summed E-state index contributed by atoms with van der Waals surface area (Å²) in [4.78, 5) is 30.4. The van der Waals surface area contributed by atoms with Crippen LogP contribution in [0.3, 0.4) is 0 Å². The third-order valence-corrected chi connectivity index (χ3v) is 4.03. The van der Waals surface area contributed by atoms with Gasteiger partial charge in [-0.25, -0.2) is 9.59 Å². The van der Waals surface area contributed by atoms with Crippen molar-refractivity contribution in [2.24, 2.45) is 0 Å². The summed E-state index contributed by atoms with van der Waals surface area (Å²) in [5.74, 6) is -1.01. The Balaban J connectivity index is 1.94. The van der Waals surface area contributed by atoms with Gasteiger partial charge in [-0.1, -0.05) is 30.3 Å². The molecule has 0 atom stereocenters. The lowest BCUT2D eigenvalue weighted by Crippen LogP contribution is -2.24. The minimum Gasteiger partial charge on any atom is -0.465 e. The number of benzene rings is 1. The van der Waals surface area contributed by atoms with E-state index in [1.165, 1.54) is 18.7 Å². The van der Waals surface area contributed by atoms with E-state index in [0.717, 1.165) is 6.54 Å². The van der Waals surface area contributed by atoms with Crippen LogP contribution < -0.4 is 0 Å². The molecule has 0 aliphatic heterocycles. The lowest BCUT2D eigenvalue weighted by Gasteiger charge is -2.17. The molecule has 0 aliphatic rings. The summed E-state index contributed by atoms with van der Waals surface area (Å²) >= 11 is 0. The van der Waals surface area contributed by atoms with Gasteiger partial charge in [0.15, 0.2) is 0 Å². The number of methoxy groups -OCH3 is 1. The molecule has 2 rings (SSSR count). The SMILES string of the molecule is COC(=O)c1cc(C(=O)OCCN(C)Cc2ccccc2)c(C)nc1C. The molecule has 0 radical (unpaired) electrons. The maximum Gasteiger partial charge on any atom is 0.340 e. The van der Waals surface area contributed by atoms with E-state index >= 15 is 0 Å². The van der Waals surface area contributed by atoms with E-state index in [1.54, 1.807) is 13.8 Å². The number of hydrogen-bond acceptors (Lipinski definition) is 6. The molecule has 0 N–H and O–H groups in total. The van der Waals surface area contributed by atoms with Crippen molar-refractivity contribution in [1.29, 1.82) is 0 Å². The van der Waals surface area contributed by atoms with E-state index < -0.39 is 11.9 Å². The van der Waals surface area contributed by atoms with Crippen LogP contribution in [0.25, 0.3) is 0 Å². The summed E-state index contributed by atoms with van der Waals surface area (Å²) in [5.41, 5.74) is 2.79. The monoisotopic (exact) mass is 356 g/mol. The van der Waals surface area contributed by atoms with Crippen LogP contribution in [0.5, 0.6) is 0 Å². The normalized spacial score (nSPS) is 10.7. The van der Waals surface area contributed by atoms with Crippen LogP contribution in [0, 0.1) is 13.8 Å². The summed E-state index contributed by atoms with van der Waals surface area (Å²) in [6.07, 6.45) is 0.